The molecule has 2 aromatic heterocycles. The van der Waals surface area contributed by atoms with Gasteiger partial charge in [0.15, 0.2) is 6.54 Å². The fraction of sp³-hybridized carbons (Fsp3) is 0.450. The van der Waals surface area contributed by atoms with Gasteiger partial charge < -0.3 is 25.3 Å². The minimum absolute atomic E-state index is 0.198. The third-order valence-electron chi connectivity index (χ3n) is 5.32. The summed E-state index contributed by atoms with van der Waals surface area (Å²) < 4.78 is 7.18. The molecule has 2 amide bonds. The number of hydrogen-bond acceptors (Lipinski definition) is 5. The minimum atomic E-state index is -0.632. The number of rotatable bonds is 7. The van der Waals surface area contributed by atoms with Crippen LogP contribution in [0.3, 0.4) is 0 Å². The van der Waals surface area contributed by atoms with Crippen molar-refractivity contribution in [3.63, 3.8) is 0 Å². The summed E-state index contributed by atoms with van der Waals surface area (Å²) in [7, 11) is 2.01. The second-order valence-electron chi connectivity index (χ2n) is 7.22. The zero-order valence-corrected chi connectivity index (χ0v) is 17.7. The molecule has 3 rings (SSSR count). The Kier molecular flexibility index (Phi) is 6.39. The molecule has 0 radical (unpaired) electrons. The topological polar surface area (TPSA) is 108 Å². The van der Waals surface area contributed by atoms with Crippen LogP contribution < -0.4 is 16.0 Å². The van der Waals surface area contributed by atoms with Crippen LogP contribution in [0.4, 0.5) is 5.00 Å². The van der Waals surface area contributed by atoms with Gasteiger partial charge in [-0.05, 0) is 31.5 Å². The third-order valence-corrected chi connectivity index (χ3v) is 6.54. The number of carbonyl (C=O) groups is 3. The number of quaternary nitrogens is 1. The smallest absolute Gasteiger partial charge is 0.341 e. The summed E-state index contributed by atoms with van der Waals surface area (Å²) in [6.07, 6.45) is 4.09. The molecule has 8 nitrogen and oxygen atoms in total. The first-order valence-corrected chi connectivity index (χ1v) is 10.5. The number of aryl methyl sites for hydroxylation is 1. The van der Waals surface area contributed by atoms with Crippen LogP contribution in [0.25, 0.3) is 0 Å². The molecular weight excluding hydrogens is 392 g/mol. The van der Waals surface area contributed by atoms with E-state index in [1.165, 1.54) is 10.6 Å². The summed E-state index contributed by atoms with van der Waals surface area (Å²) >= 11 is 1.01. The highest BCUT2D eigenvalue weighted by Crippen LogP contribution is 2.33. The van der Waals surface area contributed by atoms with Gasteiger partial charge in [0.2, 0.25) is 0 Å². The number of nitrogens with zero attached hydrogens (tertiary/aromatic N) is 1. The highest BCUT2D eigenvalue weighted by atomic mass is 32.1. The summed E-state index contributed by atoms with van der Waals surface area (Å²) in [6, 6.07) is 4.36. The molecule has 1 saturated heterocycles. The van der Waals surface area contributed by atoms with Crippen molar-refractivity contribution in [1.29, 1.82) is 0 Å². The molecule has 0 aromatic carbocycles. The number of nitrogens with two attached hydrogens (primary N) is 1. The molecular formula is C20H27N4O4S+. The Balaban J connectivity index is 1.78. The highest BCUT2D eigenvalue weighted by Gasteiger charge is 2.34. The maximum Gasteiger partial charge on any atom is 0.341 e. The normalized spacial score (nSPS) is 18.6. The predicted octanol–water partition coefficient (Wildman–Crippen LogP) is 1.03. The minimum Gasteiger partial charge on any atom is -0.462 e. The molecule has 0 saturated carbocycles. The quantitative estimate of drug-likeness (QED) is 0.583. The molecule has 0 spiro atoms. The maximum absolute atomic E-state index is 12.8. The summed E-state index contributed by atoms with van der Waals surface area (Å²) in [4.78, 5) is 38.3. The van der Waals surface area contributed by atoms with Crippen LogP contribution in [0, 0.1) is 6.92 Å². The maximum atomic E-state index is 12.8. The summed E-state index contributed by atoms with van der Waals surface area (Å²) in [5, 5.41) is 3.13. The van der Waals surface area contributed by atoms with Crippen LogP contribution in [-0.2, 0) is 16.6 Å². The van der Waals surface area contributed by atoms with Crippen LogP contribution in [0.1, 0.15) is 57.1 Å². The van der Waals surface area contributed by atoms with Gasteiger partial charge in [0.1, 0.15) is 11.0 Å². The van der Waals surface area contributed by atoms with Crippen LogP contribution in [-0.4, -0.2) is 42.0 Å². The number of thiophene rings is 1. The van der Waals surface area contributed by atoms with Crippen LogP contribution >= 0.6 is 11.3 Å². The lowest BCUT2D eigenvalue weighted by Crippen LogP contribution is -3.11. The van der Waals surface area contributed by atoms with Crippen LogP contribution in [0.15, 0.2) is 18.3 Å². The number of nitrogens with one attached hydrogen (secondary N) is 2. The highest BCUT2D eigenvalue weighted by molar-refractivity contribution is 7.18. The van der Waals surface area contributed by atoms with Gasteiger partial charge in [-0.2, -0.15) is 0 Å². The molecule has 1 aliphatic rings. The molecule has 1 fully saturated rings. The Labute approximate surface area is 173 Å². The van der Waals surface area contributed by atoms with E-state index in [1.54, 1.807) is 13.8 Å². The Hall–Kier alpha value is -2.65. The van der Waals surface area contributed by atoms with Crippen molar-refractivity contribution < 1.29 is 24.0 Å². The van der Waals surface area contributed by atoms with E-state index in [0.717, 1.165) is 30.7 Å². The lowest BCUT2D eigenvalue weighted by molar-refractivity contribution is -0.910. The number of aromatic nitrogens is 1. The Morgan fingerprint density at radius 1 is 1.41 bits per heavy atom. The monoisotopic (exact) mass is 419 g/mol. The first-order valence-electron chi connectivity index (χ1n) is 9.69. The van der Waals surface area contributed by atoms with Crippen molar-refractivity contribution in [1.82, 2.24) is 4.57 Å². The fourth-order valence-electron chi connectivity index (χ4n) is 3.98. The van der Waals surface area contributed by atoms with E-state index in [1.807, 2.05) is 19.3 Å². The third kappa shape index (κ3) is 4.35. The second kappa shape index (κ2) is 8.79. The zero-order chi connectivity index (χ0) is 21.1. The molecule has 2 atom stereocenters. The van der Waals surface area contributed by atoms with Gasteiger partial charge in [-0.25, -0.2) is 4.79 Å². The summed E-state index contributed by atoms with van der Waals surface area (Å²) in [5.41, 5.74) is 7.27. The number of amides is 2. The molecule has 2 aromatic rings. The number of esters is 1. The largest absolute Gasteiger partial charge is 0.462 e. The van der Waals surface area contributed by atoms with Crippen LogP contribution in [0.5, 0.6) is 0 Å². The van der Waals surface area contributed by atoms with E-state index < -0.39 is 11.9 Å². The number of anilines is 1. The van der Waals surface area contributed by atoms with Crippen molar-refractivity contribution in [3.05, 3.63) is 40.0 Å². The van der Waals surface area contributed by atoms with Crippen LogP contribution in [0.2, 0.25) is 0 Å². The average Bonchev–Trinajstić information content (AvgIpc) is 3.34. The van der Waals surface area contributed by atoms with E-state index >= 15 is 0 Å². The van der Waals surface area contributed by atoms with Crippen molar-refractivity contribution in [3.8, 4) is 0 Å². The van der Waals surface area contributed by atoms with Gasteiger partial charge in [-0.15, -0.1) is 11.3 Å². The lowest BCUT2D eigenvalue weighted by atomic mass is 10.1. The Morgan fingerprint density at radius 3 is 2.79 bits per heavy atom. The number of likely N-dealkylation sites (tertiary alicyclic amines) is 1. The number of carbonyl (C=O) groups excluding carboxylic acids is 3. The molecule has 1 aliphatic heterocycles. The van der Waals surface area contributed by atoms with Gasteiger partial charge in [0.25, 0.3) is 11.8 Å². The number of primary amides is 1. The zero-order valence-electron chi connectivity index (χ0n) is 16.9. The van der Waals surface area contributed by atoms with Gasteiger partial charge in [0.05, 0.1) is 29.3 Å². The molecule has 29 heavy (non-hydrogen) atoms. The SMILES string of the molecule is CCOC(=O)c1c(NC(=O)C[NH+]2CCC[C@H]2c2cccn2C)sc(C(N)=O)c1C. The van der Waals surface area contributed by atoms with Gasteiger partial charge in [-0.3, -0.25) is 9.59 Å². The van der Waals surface area contributed by atoms with Gasteiger partial charge in [-0.1, -0.05) is 0 Å². The Morgan fingerprint density at radius 2 is 2.17 bits per heavy atom. The van der Waals surface area contributed by atoms with E-state index in [-0.39, 0.29) is 35.5 Å². The van der Waals surface area contributed by atoms with Crippen molar-refractivity contribution in [2.45, 2.75) is 32.7 Å². The summed E-state index contributed by atoms with van der Waals surface area (Å²) in [5.74, 6) is -1.41. The lowest BCUT2D eigenvalue weighted by Gasteiger charge is -2.21. The molecule has 1 unspecified atom stereocenters. The molecule has 3 heterocycles. The standard InChI is InChI=1S/C20H26N4O4S/c1-4-28-20(27)16-12(2)17(18(21)26)29-19(16)22-15(25)11-24-10-6-8-14(24)13-7-5-9-23(13)3/h5,7,9,14H,4,6,8,10-11H2,1-3H3,(H2,21,26)(H,22,25)/p+1/t14-/m0/s1. The predicted molar refractivity (Wildman–Crippen MR) is 110 cm³/mol. The second-order valence-corrected chi connectivity index (χ2v) is 8.24. The van der Waals surface area contributed by atoms with E-state index in [4.69, 9.17) is 10.5 Å². The number of hydrogen-bond donors (Lipinski definition) is 3. The van der Waals surface area contributed by atoms with Crippen molar-refractivity contribution in [2.75, 3.05) is 25.0 Å². The number of ether oxygens (including phenoxy) is 1. The van der Waals surface area contributed by atoms with Crippen molar-refractivity contribution in [2.24, 2.45) is 12.8 Å². The van der Waals surface area contributed by atoms with Gasteiger partial charge >= 0.3 is 5.97 Å². The van der Waals surface area contributed by atoms with Gasteiger partial charge in [0, 0.05) is 26.1 Å². The molecule has 9 heteroatoms. The Bertz CT molecular complexity index is 933. The first-order chi connectivity index (χ1) is 13.8. The molecule has 156 valence electrons. The molecule has 0 aliphatic carbocycles. The van der Waals surface area contributed by atoms with E-state index in [0.29, 0.717) is 10.6 Å². The van der Waals surface area contributed by atoms with E-state index in [2.05, 4.69) is 16.0 Å². The summed E-state index contributed by atoms with van der Waals surface area (Å²) in [6.45, 7) is 4.72. The molecule has 4 N–H and O–H groups in total. The average molecular weight is 420 g/mol. The fourth-order valence-corrected chi connectivity index (χ4v) is 5.04. The van der Waals surface area contributed by atoms with Crippen molar-refractivity contribution >= 4 is 34.1 Å². The molecule has 0 bridgehead atoms. The first kappa shape index (κ1) is 21.1. The van der Waals surface area contributed by atoms with E-state index in [9.17, 15) is 14.4 Å².